The predicted octanol–water partition coefficient (Wildman–Crippen LogP) is 4.16. The predicted molar refractivity (Wildman–Crippen MR) is 106 cm³/mol. The van der Waals surface area contributed by atoms with Crippen LogP contribution in [0.1, 0.15) is 28.4 Å². The first-order valence-corrected chi connectivity index (χ1v) is 9.42. The Kier molecular flexibility index (Phi) is 4.39. The fraction of sp³-hybridized carbons (Fsp3) is 0.136. The van der Waals surface area contributed by atoms with E-state index in [2.05, 4.69) is 20.3 Å². The van der Waals surface area contributed by atoms with Gasteiger partial charge >= 0.3 is 0 Å². The molecule has 5 rings (SSSR count). The van der Waals surface area contributed by atoms with Crippen molar-refractivity contribution in [1.82, 2.24) is 20.3 Å². The molecule has 150 valence electrons. The molecule has 0 radical (unpaired) electrons. The maximum Gasteiger partial charge on any atom is 0.253 e. The van der Waals surface area contributed by atoms with Crippen molar-refractivity contribution in [2.75, 3.05) is 6.61 Å². The lowest BCUT2D eigenvalue weighted by Crippen LogP contribution is -2.33. The summed E-state index contributed by atoms with van der Waals surface area (Å²) in [5, 5.41) is 3.69. The SMILES string of the molecule is O=C(N[C@H]1CCOc2ccc(F)c(F)c21)c1ccc(-c2ccnc3[nH]ccc23)nc1. The lowest BCUT2D eigenvalue weighted by atomic mass is 9.99. The van der Waals surface area contributed by atoms with E-state index in [-0.39, 0.29) is 11.3 Å². The second kappa shape index (κ2) is 7.22. The summed E-state index contributed by atoms with van der Waals surface area (Å²) in [6.07, 6.45) is 5.29. The van der Waals surface area contributed by atoms with Gasteiger partial charge in [-0.1, -0.05) is 0 Å². The van der Waals surface area contributed by atoms with E-state index < -0.39 is 23.6 Å². The van der Waals surface area contributed by atoms with Gasteiger partial charge in [-0.25, -0.2) is 13.8 Å². The van der Waals surface area contributed by atoms with E-state index in [0.717, 1.165) is 22.7 Å². The normalized spacial score (nSPS) is 15.5. The zero-order valence-electron chi connectivity index (χ0n) is 15.7. The molecule has 0 saturated carbocycles. The van der Waals surface area contributed by atoms with Crippen molar-refractivity contribution in [1.29, 1.82) is 0 Å². The molecule has 3 aromatic heterocycles. The van der Waals surface area contributed by atoms with E-state index in [4.69, 9.17) is 4.74 Å². The molecule has 0 aliphatic carbocycles. The zero-order chi connectivity index (χ0) is 20.7. The number of carbonyl (C=O) groups is 1. The minimum Gasteiger partial charge on any atom is -0.493 e. The second-order valence-corrected chi connectivity index (χ2v) is 6.97. The van der Waals surface area contributed by atoms with E-state index in [0.29, 0.717) is 24.3 Å². The quantitative estimate of drug-likeness (QED) is 0.536. The van der Waals surface area contributed by atoms with Crippen molar-refractivity contribution in [2.24, 2.45) is 0 Å². The second-order valence-electron chi connectivity index (χ2n) is 6.97. The van der Waals surface area contributed by atoms with Crippen LogP contribution in [0, 0.1) is 11.6 Å². The largest absolute Gasteiger partial charge is 0.493 e. The number of aromatic amines is 1. The minimum atomic E-state index is -1.00. The number of rotatable bonds is 3. The summed E-state index contributed by atoms with van der Waals surface area (Å²) in [6, 6.07) is 8.87. The molecule has 0 bridgehead atoms. The third-order valence-electron chi connectivity index (χ3n) is 5.17. The molecule has 2 N–H and O–H groups in total. The first-order chi connectivity index (χ1) is 14.6. The number of H-pyrrole nitrogens is 1. The molecular formula is C22H16F2N4O2. The number of pyridine rings is 2. The average Bonchev–Trinajstić information content (AvgIpc) is 3.25. The highest BCUT2D eigenvalue weighted by Crippen LogP contribution is 2.35. The number of benzene rings is 1. The third-order valence-corrected chi connectivity index (χ3v) is 5.17. The highest BCUT2D eigenvalue weighted by molar-refractivity contribution is 5.95. The van der Waals surface area contributed by atoms with Crippen LogP contribution in [0.4, 0.5) is 8.78 Å². The number of aromatic nitrogens is 3. The lowest BCUT2D eigenvalue weighted by molar-refractivity contribution is 0.0923. The lowest BCUT2D eigenvalue weighted by Gasteiger charge is -2.27. The number of fused-ring (bicyclic) bond motifs is 2. The molecule has 0 spiro atoms. The van der Waals surface area contributed by atoms with E-state index in [1.54, 1.807) is 24.5 Å². The van der Waals surface area contributed by atoms with Crippen LogP contribution in [0.25, 0.3) is 22.3 Å². The number of halogens is 2. The molecule has 1 atom stereocenters. The van der Waals surface area contributed by atoms with Crippen molar-refractivity contribution < 1.29 is 18.3 Å². The Morgan fingerprint density at radius 2 is 2.03 bits per heavy atom. The van der Waals surface area contributed by atoms with Gasteiger partial charge < -0.3 is 15.0 Å². The molecule has 1 amide bonds. The number of nitrogens with zero attached hydrogens (tertiary/aromatic N) is 2. The van der Waals surface area contributed by atoms with Gasteiger partial charge in [-0.3, -0.25) is 9.78 Å². The third kappa shape index (κ3) is 3.06. The van der Waals surface area contributed by atoms with Crippen molar-refractivity contribution in [3.05, 3.63) is 77.8 Å². The van der Waals surface area contributed by atoms with Gasteiger partial charge in [0.1, 0.15) is 11.4 Å². The molecule has 4 aromatic rings. The Hall–Kier alpha value is -3.81. The summed E-state index contributed by atoms with van der Waals surface area (Å²) < 4.78 is 33.4. The first-order valence-electron chi connectivity index (χ1n) is 9.42. The standard InChI is InChI=1S/C22H16F2N4O2/c23-15-2-4-18-19(20(15)24)17(7-10-30-18)28-22(29)12-1-3-16(27-11-12)13-5-8-25-21-14(13)6-9-26-21/h1-6,8-9,11,17H,7,10H2,(H,25,26)(H,28,29)/t17-/m0/s1. The summed E-state index contributed by atoms with van der Waals surface area (Å²) >= 11 is 0. The van der Waals surface area contributed by atoms with Gasteiger partial charge in [0.2, 0.25) is 0 Å². The first kappa shape index (κ1) is 18.2. The highest BCUT2D eigenvalue weighted by atomic mass is 19.2. The number of hydrogen-bond donors (Lipinski definition) is 2. The van der Waals surface area contributed by atoms with Gasteiger partial charge in [0.05, 0.1) is 29.5 Å². The molecule has 4 heterocycles. The van der Waals surface area contributed by atoms with Crippen molar-refractivity contribution >= 4 is 16.9 Å². The summed E-state index contributed by atoms with van der Waals surface area (Å²) in [5.41, 5.74) is 2.70. The fourth-order valence-electron chi connectivity index (χ4n) is 3.69. The number of carbonyl (C=O) groups excluding carboxylic acids is 1. The van der Waals surface area contributed by atoms with Crippen LogP contribution in [0.5, 0.6) is 5.75 Å². The number of amides is 1. The van der Waals surface area contributed by atoms with Crippen LogP contribution in [0.3, 0.4) is 0 Å². The average molecular weight is 406 g/mol. The van der Waals surface area contributed by atoms with E-state index in [1.807, 2.05) is 12.1 Å². The molecule has 0 fully saturated rings. The molecule has 8 heteroatoms. The Balaban J connectivity index is 1.40. The van der Waals surface area contributed by atoms with Crippen molar-refractivity contribution in [3.63, 3.8) is 0 Å². The van der Waals surface area contributed by atoms with E-state index >= 15 is 0 Å². The van der Waals surface area contributed by atoms with Gasteiger partial charge in [0.15, 0.2) is 11.6 Å². The summed E-state index contributed by atoms with van der Waals surface area (Å²) in [6.45, 7) is 0.301. The molecular weight excluding hydrogens is 390 g/mol. The van der Waals surface area contributed by atoms with Gasteiger partial charge in [0.25, 0.3) is 5.91 Å². The highest BCUT2D eigenvalue weighted by Gasteiger charge is 2.28. The van der Waals surface area contributed by atoms with E-state index in [9.17, 15) is 13.6 Å². The van der Waals surface area contributed by atoms with Gasteiger partial charge in [-0.05, 0) is 36.4 Å². The molecule has 1 aromatic carbocycles. The van der Waals surface area contributed by atoms with Gasteiger partial charge in [-0.2, -0.15) is 0 Å². The molecule has 0 unspecified atom stereocenters. The van der Waals surface area contributed by atoms with Gasteiger partial charge in [-0.15, -0.1) is 0 Å². The number of ether oxygens (including phenoxy) is 1. The van der Waals surface area contributed by atoms with Crippen LogP contribution in [0.15, 0.2) is 55.0 Å². The molecule has 1 aliphatic heterocycles. The maximum absolute atomic E-state index is 14.3. The van der Waals surface area contributed by atoms with Crippen LogP contribution in [-0.2, 0) is 0 Å². The minimum absolute atomic E-state index is 0.0332. The molecule has 1 aliphatic rings. The fourth-order valence-corrected chi connectivity index (χ4v) is 3.69. The van der Waals surface area contributed by atoms with Crippen LogP contribution in [0.2, 0.25) is 0 Å². The van der Waals surface area contributed by atoms with Gasteiger partial charge in [0, 0.05) is 36.0 Å². The van der Waals surface area contributed by atoms with E-state index in [1.165, 1.54) is 12.3 Å². The summed E-state index contributed by atoms with van der Waals surface area (Å²) in [5.74, 6) is -2.15. The Morgan fingerprint density at radius 3 is 2.87 bits per heavy atom. The Bertz CT molecular complexity index is 1250. The summed E-state index contributed by atoms with van der Waals surface area (Å²) in [7, 11) is 0. The Morgan fingerprint density at radius 1 is 1.13 bits per heavy atom. The molecule has 30 heavy (non-hydrogen) atoms. The molecule has 6 nitrogen and oxygen atoms in total. The summed E-state index contributed by atoms with van der Waals surface area (Å²) in [4.78, 5) is 24.4. The monoisotopic (exact) mass is 406 g/mol. The maximum atomic E-state index is 14.3. The van der Waals surface area contributed by atoms with Crippen molar-refractivity contribution in [2.45, 2.75) is 12.5 Å². The molecule has 0 saturated heterocycles. The zero-order valence-corrected chi connectivity index (χ0v) is 15.7. The topological polar surface area (TPSA) is 79.9 Å². The Labute approximate surface area is 169 Å². The van der Waals surface area contributed by atoms with Crippen LogP contribution < -0.4 is 10.1 Å². The van der Waals surface area contributed by atoms with Crippen molar-refractivity contribution in [3.8, 4) is 17.0 Å². The smallest absolute Gasteiger partial charge is 0.253 e. The number of nitrogens with one attached hydrogen (secondary N) is 2. The number of hydrogen-bond acceptors (Lipinski definition) is 4. The van der Waals surface area contributed by atoms with Crippen LogP contribution >= 0.6 is 0 Å². The van der Waals surface area contributed by atoms with Crippen LogP contribution in [-0.4, -0.2) is 27.5 Å².